The van der Waals surface area contributed by atoms with Crippen LogP contribution >= 0.6 is 0 Å². The summed E-state index contributed by atoms with van der Waals surface area (Å²) in [6.45, 7) is 7.84. The van der Waals surface area contributed by atoms with Crippen LogP contribution in [0.2, 0.25) is 0 Å². The second kappa shape index (κ2) is 4.53. The van der Waals surface area contributed by atoms with Crippen molar-refractivity contribution in [3.05, 3.63) is 23.8 Å². The average molecular weight is 277 g/mol. The van der Waals surface area contributed by atoms with E-state index in [1.54, 1.807) is 12.3 Å². The van der Waals surface area contributed by atoms with Gasteiger partial charge in [0.2, 0.25) is 0 Å². The van der Waals surface area contributed by atoms with E-state index in [4.69, 9.17) is 9.31 Å². The summed E-state index contributed by atoms with van der Waals surface area (Å²) in [4.78, 5) is 4.40. The molecule has 108 valence electrons. The third-order valence-corrected chi connectivity index (χ3v) is 4.93. The van der Waals surface area contributed by atoms with Gasteiger partial charge in [-0.1, -0.05) is 6.42 Å². The molecule has 1 saturated heterocycles. The molecule has 1 aliphatic heterocycles. The molecule has 0 bridgehead atoms. The Labute approximate surface area is 120 Å². The fraction of sp³-hybridized carbons (Fsp3) is 0.667. The zero-order chi connectivity index (χ0) is 14.5. The van der Waals surface area contributed by atoms with Gasteiger partial charge >= 0.3 is 7.12 Å². The normalized spacial score (nSPS) is 24.8. The molecular formula is C15H21BFNO2. The second-order valence-electron chi connectivity index (χ2n) is 6.85. The lowest BCUT2D eigenvalue weighted by Gasteiger charge is -2.32. The molecule has 0 radical (unpaired) electrons. The van der Waals surface area contributed by atoms with E-state index >= 15 is 0 Å². The van der Waals surface area contributed by atoms with Gasteiger partial charge in [-0.25, -0.2) is 4.39 Å². The Morgan fingerprint density at radius 2 is 1.80 bits per heavy atom. The molecule has 1 aliphatic carbocycles. The van der Waals surface area contributed by atoms with Gasteiger partial charge in [-0.15, -0.1) is 0 Å². The first-order valence-electron chi connectivity index (χ1n) is 7.31. The molecule has 0 unspecified atom stereocenters. The first-order valence-corrected chi connectivity index (χ1v) is 7.31. The molecule has 3 nitrogen and oxygen atoms in total. The van der Waals surface area contributed by atoms with E-state index in [-0.39, 0.29) is 5.82 Å². The van der Waals surface area contributed by atoms with Crippen LogP contribution in [0.5, 0.6) is 0 Å². The largest absolute Gasteiger partial charge is 0.499 e. The van der Waals surface area contributed by atoms with Crippen molar-refractivity contribution in [2.24, 2.45) is 0 Å². The minimum Gasteiger partial charge on any atom is -0.399 e. The number of halogens is 1. The zero-order valence-electron chi connectivity index (χ0n) is 12.6. The van der Waals surface area contributed by atoms with Crippen LogP contribution in [0.25, 0.3) is 0 Å². The number of aromatic nitrogens is 1. The maximum absolute atomic E-state index is 14.3. The van der Waals surface area contributed by atoms with Gasteiger partial charge in [-0.3, -0.25) is 4.98 Å². The van der Waals surface area contributed by atoms with Crippen molar-refractivity contribution in [3.8, 4) is 0 Å². The SMILES string of the molecule is CC1(C)OB(c2cnc(C3CCC3)cc2F)OC1(C)C. The highest BCUT2D eigenvalue weighted by Crippen LogP contribution is 2.37. The zero-order valence-corrected chi connectivity index (χ0v) is 12.6. The van der Waals surface area contributed by atoms with Crippen molar-refractivity contribution < 1.29 is 13.7 Å². The average Bonchev–Trinajstić information content (AvgIpc) is 2.45. The molecule has 1 aromatic heterocycles. The lowest BCUT2D eigenvalue weighted by molar-refractivity contribution is 0.00578. The van der Waals surface area contributed by atoms with Gasteiger partial charge in [0.1, 0.15) is 5.82 Å². The van der Waals surface area contributed by atoms with Crippen LogP contribution in [0.3, 0.4) is 0 Å². The Morgan fingerprint density at radius 1 is 1.20 bits per heavy atom. The van der Waals surface area contributed by atoms with E-state index in [9.17, 15) is 4.39 Å². The number of rotatable bonds is 2. The molecule has 2 heterocycles. The summed E-state index contributed by atoms with van der Waals surface area (Å²) in [5.74, 6) is 0.150. The molecule has 0 N–H and O–H groups in total. The Bertz CT molecular complexity index is 513. The molecule has 0 amide bonds. The first-order chi connectivity index (χ1) is 9.30. The molecule has 0 spiro atoms. The maximum Gasteiger partial charge on any atom is 0.499 e. The summed E-state index contributed by atoms with van der Waals surface area (Å²) in [6.07, 6.45) is 5.02. The van der Waals surface area contributed by atoms with Crippen LogP contribution in [0.1, 0.15) is 58.6 Å². The maximum atomic E-state index is 14.3. The molecular weight excluding hydrogens is 256 g/mol. The summed E-state index contributed by atoms with van der Waals surface area (Å²) < 4.78 is 26.1. The van der Waals surface area contributed by atoms with Gasteiger partial charge in [0.25, 0.3) is 0 Å². The van der Waals surface area contributed by atoms with Crippen molar-refractivity contribution >= 4 is 12.6 Å². The third kappa shape index (κ3) is 2.17. The molecule has 2 fully saturated rings. The number of hydrogen-bond donors (Lipinski definition) is 0. The highest BCUT2D eigenvalue weighted by atomic mass is 19.1. The van der Waals surface area contributed by atoms with Crippen LogP contribution in [0.4, 0.5) is 4.39 Å². The van der Waals surface area contributed by atoms with Crippen LogP contribution < -0.4 is 5.46 Å². The van der Waals surface area contributed by atoms with Crippen molar-refractivity contribution in [1.82, 2.24) is 4.98 Å². The summed E-state index contributed by atoms with van der Waals surface area (Å²) >= 11 is 0. The predicted molar refractivity (Wildman–Crippen MR) is 76.5 cm³/mol. The second-order valence-corrected chi connectivity index (χ2v) is 6.85. The monoisotopic (exact) mass is 277 g/mol. The number of pyridine rings is 1. The van der Waals surface area contributed by atoms with E-state index in [0.717, 1.165) is 18.5 Å². The van der Waals surface area contributed by atoms with Gasteiger partial charge in [0.15, 0.2) is 0 Å². The van der Waals surface area contributed by atoms with Crippen LogP contribution in [-0.4, -0.2) is 23.3 Å². The molecule has 0 atom stereocenters. The van der Waals surface area contributed by atoms with Gasteiger partial charge < -0.3 is 9.31 Å². The first kappa shape index (κ1) is 14.0. The Morgan fingerprint density at radius 3 is 2.25 bits per heavy atom. The smallest absolute Gasteiger partial charge is 0.399 e. The Kier molecular flexibility index (Phi) is 3.18. The standard InChI is InChI=1S/C15H21BFNO2/c1-14(2)15(3,4)20-16(19-14)11-9-18-13(8-12(11)17)10-6-5-7-10/h8-10H,5-7H2,1-4H3. The highest BCUT2D eigenvalue weighted by molar-refractivity contribution is 6.62. The fourth-order valence-electron chi connectivity index (χ4n) is 2.53. The predicted octanol–water partition coefficient (Wildman–Crippen LogP) is 2.79. The summed E-state index contributed by atoms with van der Waals surface area (Å²) in [7, 11) is -0.678. The molecule has 1 saturated carbocycles. The van der Waals surface area contributed by atoms with E-state index in [0.29, 0.717) is 11.4 Å². The molecule has 20 heavy (non-hydrogen) atoms. The van der Waals surface area contributed by atoms with E-state index in [2.05, 4.69) is 4.98 Å². The van der Waals surface area contributed by atoms with Crippen molar-refractivity contribution in [1.29, 1.82) is 0 Å². The lowest BCUT2D eigenvalue weighted by Crippen LogP contribution is -2.41. The van der Waals surface area contributed by atoms with E-state index in [1.807, 2.05) is 27.7 Å². The van der Waals surface area contributed by atoms with Gasteiger partial charge in [0, 0.05) is 23.3 Å². The minimum absolute atomic E-state index is 0.277. The molecule has 3 rings (SSSR count). The lowest BCUT2D eigenvalue weighted by atomic mass is 9.78. The van der Waals surface area contributed by atoms with Crippen LogP contribution in [0.15, 0.2) is 12.3 Å². The third-order valence-electron chi connectivity index (χ3n) is 4.93. The Hall–Kier alpha value is -0.935. The van der Waals surface area contributed by atoms with Crippen LogP contribution in [0, 0.1) is 5.82 Å². The summed E-state index contributed by atoms with van der Waals surface area (Å²) in [5, 5.41) is 0. The molecule has 2 aliphatic rings. The van der Waals surface area contributed by atoms with Crippen molar-refractivity contribution in [3.63, 3.8) is 0 Å². The summed E-state index contributed by atoms with van der Waals surface area (Å²) in [5.41, 5.74) is 0.328. The van der Waals surface area contributed by atoms with Gasteiger partial charge in [-0.2, -0.15) is 0 Å². The van der Waals surface area contributed by atoms with Crippen molar-refractivity contribution in [2.45, 2.75) is 64.1 Å². The van der Waals surface area contributed by atoms with Crippen LogP contribution in [-0.2, 0) is 9.31 Å². The van der Waals surface area contributed by atoms with Crippen molar-refractivity contribution in [2.75, 3.05) is 0 Å². The summed E-state index contributed by atoms with van der Waals surface area (Å²) in [6, 6.07) is 1.55. The number of hydrogen-bond acceptors (Lipinski definition) is 3. The van der Waals surface area contributed by atoms with Gasteiger partial charge in [-0.05, 0) is 46.6 Å². The minimum atomic E-state index is -0.678. The fourth-order valence-corrected chi connectivity index (χ4v) is 2.53. The van der Waals surface area contributed by atoms with E-state index in [1.165, 1.54) is 6.42 Å². The highest BCUT2D eigenvalue weighted by Gasteiger charge is 2.52. The molecule has 1 aromatic rings. The van der Waals surface area contributed by atoms with E-state index < -0.39 is 18.3 Å². The molecule has 5 heteroatoms. The number of nitrogens with zero attached hydrogens (tertiary/aromatic N) is 1. The van der Waals surface area contributed by atoms with Gasteiger partial charge in [0.05, 0.1) is 11.2 Å². The quantitative estimate of drug-likeness (QED) is 0.779. The molecule has 0 aromatic carbocycles. The Balaban J connectivity index is 1.85. The topological polar surface area (TPSA) is 31.4 Å².